The average Bonchev–Trinajstić information content (AvgIpc) is 2.84. The number of rotatable bonds is 3. The lowest BCUT2D eigenvalue weighted by Crippen LogP contribution is -2.31. The molecular formula is C11H13NO2S. The maximum Gasteiger partial charge on any atom is 0.252 e. The molecule has 0 radical (unpaired) electrons. The van der Waals surface area contributed by atoms with Crippen molar-refractivity contribution < 1.29 is 9.53 Å². The van der Waals surface area contributed by atoms with Crippen LogP contribution in [0.5, 0.6) is 0 Å². The Morgan fingerprint density at radius 3 is 3.20 bits per heavy atom. The lowest BCUT2D eigenvalue weighted by atomic mass is 10.2. The molecule has 1 atom stereocenters. The molecule has 2 rings (SSSR count). The Morgan fingerprint density at radius 2 is 2.60 bits per heavy atom. The Labute approximate surface area is 92.8 Å². The first-order valence-electron chi connectivity index (χ1n) is 4.89. The molecule has 0 fully saturated rings. The summed E-state index contributed by atoms with van der Waals surface area (Å²) in [6.45, 7) is 2.56. The van der Waals surface area contributed by atoms with Crippen LogP contribution in [0.1, 0.15) is 21.7 Å². The highest BCUT2D eigenvalue weighted by atomic mass is 32.1. The Balaban J connectivity index is 1.82. The molecular weight excluding hydrogens is 210 g/mol. The second kappa shape index (κ2) is 4.49. The van der Waals surface area contributed by atoms with E-state index < -0.39 is 0 Å². The summed E-state index contributed by atoms with van der Waals surface area (Å²) in [6.07, 6.45) is 4.63. The summed E-state index contributed by atoms with van der Waals surface area (Å²) in [5, 5.41) is 4.73. The molecule has 4 heteroatoms. The second-order valence-electron chi connectivity index (χ2n) is 3.52. The van der Waals surface area contributed by atoms with Crippen LogP contribution in [0.2, 0.25) is 0 Å². The van der Waals surface area contributed by atoms with Gasteiger partial charge in [-0.05, 0) is 19.1 Å². The normalized spacial score (nSPS) is 18.9. The van der Waals surface area contributed by atoms with Crippen LogP contribution < -0.4 is 5.32 Å². The lowest BCUT2D eigenvalue weighted by molar-refractivity contribution is 0.0918. The zero-order valence-electron chi connectivity index (χ0n) is 8.53. The Bertz CT molecular complexity index is 376. The maximum absolute atomic E-state index is 11.6. The van der Waals surface area contributed by atoms with Gasteiger partial charge in [0.15, 0.2) is 0 Å². The van der Waals surface area contributed by atoms with Gasteiger partial charge in [0.2, 0.25) is 0 Å². The number of hydrogen-bond donors (Lipinski definition) is 1. The number of hydrogen-bond acceptors (Lipinski definition) is 3. The first kappa shape index (κ1) is 10.2. The molecule has 1 aliphatic rings. The minimum atomic E-state index is -0.0187. The highest BCUT2D eigenvalue weighted by Crippen LogP contribution is 2.13. The SMILES string of the molecule is Cc1cc(C(=O)NCC2CC=CO2)cs1. The lowest BCUT2D eigenvalue weighted by Gasteiger charge is -2.10. The molecule has 0 aliphatic carbocycles. The standard InChI is InChI=1S/C11H13NO2S/c1-8-5-9(7-15-8)11(13)12-6-10-3-2-4-14-10/h2,4-5,7,10H,3,6H2,1H3,(H,12,13). The summed E-state index contributed by atoms with van der Waals surface area (Å²) >= 11 is 1.59. The molecule has 0 saturated carbocycles. The van der Waals surface area contributed by atoms with E-state index in [1.54, 1.807) is 17.6 Å². The third-order valence-electron chi connectivity index (χ3n) is 2.25. The number of ether oxygens (including phenoxy) is 1. The van der Waals surface area contributed by atoms with Gasteiger partial charge < -0.3 is 10.1 Å². The van der Waals surface area contributed by atoms with Crippen LogP contribution in [0, 0.1) is 6.92 Å². The van der Waals surface area contributed by atoms with E-state index in [2.05, 4.69) is 5.32 Å². The molecule has 3 nitrogen and oxygen atoms in total. The fraction of sp³-hybridized carbons (Fsp3) is 0.364. The summed E-state index contributed by atoms with van der Waals surface area (Å²) in [5.74, 6) is -0.0187. The highest BCUT2D eigenvalue weighted by molar-refractivity contribution is 7.10. The zero-order chi connectivity index (χ0) is 10.7. The van der Waals surface area contributed by atoms with Crippen LogP contribution in [-0.4, -0.2) is 18.6 Å². The predicted molar refractivity (Wildman–Crippen MR) is 60.0 cm³/mol. The van der Waals surface area contributed by atoms with Crippen LogP contribution in [0.15, 0.2) is 23.8 Å². The van der Waals surface area contributed by atoms with Crippen molar-refractivity contribution in [3.8, 4) is 0 Å². The van der Waals surface area contributed by atoms with Gasteiger partial charge in [0.05, 0.1) is 18.4 Å². The number of thiophene rings is 1. The Kier molecular flexibility index (Phi) is 3.06. The van der Waals surface area contributed by atoms with E-state index in [1.165, 1.54) is 0 Å². The minimum Gasteiger partial charge on any atom is -0.496 e. The quantitative estimate of drug-likeness (QED) is 0.852. The molecule has 1 amide bonds. The Hall–Kier alpha value is -1.29. The van der Waals surface area contributed by atoms with Crippen molar-refractivity contribution in [2.45, 2.75) is 19.4 Å². The molecule has 15 heavy (non-hydrogen) atoms. The first-order valence-corrected chi connectivity index (χ1v) is 5.77. The van der Waals surface area contributed by atoms with Gasteiger partial charge in [-0.1, -0.05) is 0 Å². The number of carbonyl (C=O) groups is 1. The Morgan fingerprint density at radius 1 is 1.73 bits per heavy atom. The van der Waals surface area contributed by atoms with Crippen molar-refractivity contribution in [3.05, 3.63) is 34.2 Å². The summed E-state index contributed by atoms with van der Waals surface area (Å²) in [7, 11) is 0. The van der Waals surface area contributed by atoms with Gasteiger partial charge in [-0.3, -0.25) is 4.79 Å². The van der Waals surface area contributed by atoms with E-state index in [9.17, 15) is 4.79 Å². The van der Waals surface area contributed by atoms with Crippen molar-refractivity contribution in [1.82, 2.24) is 5.32 Å². The summed E-state index contributed by atoms with van der Waals surface area (Å²) in [4.78, 5) is 12.8. The fourth-order valence-electron chi connectivity index (χ4n) is 1.43. The smallest absolute Gasteiger partial charge is 0.252 e. The molecule has 1 aliphatic heterocycles. The average molecular weight is 223 g/mol. The fourth-order valence-corrected chi connectivity index (χ4v) is 2.12. The van der Waals surface area contributed by atoms with Gasteiger partial charge in [-0.25, -0.2) is 0 Å². The molecule has 1 aromatic heterocycles. The number of carbonyl (C=O) groups excluding carboxylic acids is 1. The molecule has 80 valence electrons. The van der Waals surface area contributed by atoms with E-state index >= 15 is 0 Å². The third kappa shape index (κ3) is 2.59. The van der Waals surface area contributed by atoms with Crippen LogP contribution >= 0.6 is 11.3 Å². The molecule has 0 aromatic carbocycles. The highest BCUT2D eigenvalue weighted by Gasteiger charge is 2.13. The minimum absolute atomic E-state index is 0.0187. The molecule has 0 bridgehead atoms. The number of aryl methyl sites for hydroxylation is 1. The topological polar surface area (TPSA) is 38.3 Å². The third-order valence-corrected chi connectivity index (χ3v) is 3.11. The van der Waals surface area contributed by atoms with Crippen molar-refractivity contribution in [2.24, 2.45) is 0 Å². The molecule has 1 N–H and O–H groups in total. The van der Waals surface area contributed by atoms with E-state index in [1.807, 2.05) is 24.4 Å². The second-order valence-corrected chi connectivity index (χ2v) is 4.64. The predicted octanol–water partition coefficient (Wildman–Crippen LogP) is 2.09. The van der Waals surface area contributed by atoms with E-state index in [0.29, 0.717) is 6.54 Å². The van der Waals surface area contributed by atoms with Crippen LogP contribution in [-0.2, 0) is 4.74 Å². The summed E-state index contributed by atoms with van der Waals surface area (Å²) in [6, 6.07) is 1.90. The number of amides is 1. The van der Waals surface area contributed by atoms with Gasteiger partial charge >= 0.3 is 0 Å². The van der Waals surface area contributed by atoms with Crippen LogP contribution in [0.3, 0.4) is 0 Å². The van der Waals surface area contributed by atoms with E-state index in [-0.39, 0.29) is 12.0 Å². The van der Waals surface area contributed by atoms with Crippen LogP contribution in [0.25, 0.3) is 0 Å². The summed E-state index contributed by atoms with van der Waals surface area (Å²) < 4.78 is 5.25. The van der Waals surface area contributed by atoms with E-state index in [4.69, 9.17) is 4.74 Å². The largest absolute Gasteiger partial charge is 0.496 e. The van der Waals surface area contributed by atoms with Crippen molar-refractivity contribution >= 4 is 17.2 Å². The zero-order valence-corrected chi connectivity index (χ0v) is 9.34. The van der Waals surface area contributed by atoms with Crippen molar-refractivity contribution in [2.75, 3.05) is 6.54 Å². The number of nitrogens with one attached hydrogen (secondary N) is 1. The summed E-state index contributed by atoms with van der Waals surface area (Å²) in [5.41, 5.74) is 0.739. The van der Waals surface area contributed by atoms with Gasteiger partial charge in [0.25, 0.3) is 5.91 Å². The van der Waals surface area contributed by atoms with Gasteiger partial charge in [-0.15, -0.1) is 11.3 Å². The monoisotopic (exact) mass is 223 g/mol. The first-order chi connectivity index (χ1) is 7.25. The maximum atomic E-state index is 11.6. The van der Waals surface area contributed by atoms with Crippen LogP contribution in [0.4, 0.5) is 0 Å². The van der Waals surface area contributed by atoms with Gasteiger partial charge in [0.1, 0.15) is 6.10 Å². The molecule has 2 heterocycles. The van der Waals surface area contributed by atoms with Gasteiger partial charge in [-0.2, -0.15) is 0 Å². The van der Waals surface area contributed by atoms with Gasteiger partial charge in [0, 0.05) is 16.7 Å². The van der Waals surface area contributed by atoms with E-state index in [0.717, 1.165) is 16.9 Å². The van der Waals surface area contributed by atoms with Crippen molar-refractivity contribution in [3.63, 3.8) is 0 Å². The molecule has 1 unspecified atom stereocenters. The molecule has 0 spiro atoms. The van der Waals surface area contributed by atoms with Crippen molar-refractivity contribution in [1.29, 1.82) is 0 Å². The molecule has 1 aromatic rings. The molecule has 0 saturated heterocycles.